The van der Waals surface area contributed by atoms with E-state index in [-0.39, 0.29) is 11.3 Å². The highest BCUT2D eigenvalue weighted by Crippen LogP contribution is 2.25. The maximum atomic E-state index is 13.5. The highest BCUT2D eigenvalue weighted by molar-refractivity contribution is 5.96. The van der Waals surface area contributed by atoms with Gasteiger partial charge in [-0.15, -0.1) is 0 Å². The molecule has 1 aromatic heterocycles. The van der Waals surface area contributed by atoms with Crippen LogP contribution in [-0.4, -0.2) is 53.0 Å². The van der Waals surface area contributed by atoms with Crippen molar-refractivity contribution in [1.82, 2.24) is 14.4 Å². The van der Waals surface area contributed by atoms with Crippen LogP contribution in [0.2, 0.25) is 0 Å². The number of piperazine rings is 1. The quantitative estimate of drug-likeness (QED) is 0.540. The third-order valence-corrected chi connectivity index (χ3v) is 6.35. The van der Waals surface area contributed by atoms with Gasteiger partial charge in [0.15, 0.2) is 0 Å². The topological polar surface area (TPSA) is 52.3 Å². The summed E-state index contributed by atoms with van der Waals surface area (Å²) in [4.78, 5) is 17.7. The second-order valence-corrected chi connectivity index (χ2v) is 9.76. The van der Waals surface area contributed by atoms with Gasteiger partial charge in [0.1, 0.15) is 11.8 Å². The zero-order chi connectivity index (χ0) is 24.1. The van der Waals surface area contributed by atoms with Gasteiger partial charge in [-0.1, -0.05) is 75.4 Å². The molecule has 3 aromatic rings. The third-order valence-electron chi connectivity index (χ3n) is 6.35. The first-order valence-electron chi connectivity index (χ1n) is 11.8. The summed E-state index contributed by atoms with van der Waals surface area (Å²) in [6, 6.07) is 22.4. The summed E-state index contributed by atoms with van der Waals surface area (Å²) < 4.78 is 1.85. The van der Waals surface area contributed by atoms with Crippen LogP contribution in [0.5, 0.6) is 0 Å². The summed E-state index contributed by atoms with van der Waals surface area (Å²) in [5.41, 5.74) is 4.23. The van der Waals surface area contributed by atoms with Gasteiger partial charge in [0.05, 0.1) is 5.56 Å². The molecule has 5 nitrogen and oxygen atoms in total. The van der Waals surface area contributed by atoms with Crippen LogP contribution in [0.3, 0.4) is 0 Å². The Morgan fingerprint density at radius 3 is 2.26 bits per heavy atom. The minimum atomic E-state index is -0.0825. The fraction of sp³-hybridized carbons (Fsp3) is 0.310. The molecule has 0 unspecified atom stereocenters. The Labute approximate surface area is 202 Å². The number of benzene rings is 2. The van der Waals surface area contributed by atoms with Crippen molar-refractivity contribution >= 4 is 12.0 Å². The first-order chi connectivity index (χ1) is 16.4. The number of hydrogen-bond acceptors (Lipinski definition) is 3. The van der Waals surface area contributed by atoms with E-state index in [2.05, 4.69) is 68.2 Å². The Bertz CT molecular complexity index is 1190. The minimum Gasteiger partial charge on any atom is -0.335 e. The van der Waals surface area contributed by atoms with E-state index in [1.807, 2.05) is 46.0 Å². The number of amides is 1. The van der Waals surface area contributed by atoms with Crippen molar-refractivity contribution in [2.24, 2.45) is 0 Å². The smallest absolute Gasteiger partial charge is 0.272 e. The van der Waals surface area contributed by atoms with Crippen molar-refractivity contribution in [3.63, 3.8) is 0 Å². The number of aromatic nitrogens is 1. The lowest BCUT2D eigenvalue weighted by Gasteiger charge is -2.34. The van der Waals surface area contributed by atoms with Gasteiger partial charge in [0.25, 0.3) is 5.91 Å². The summed E-state index contributed by atoms with van der Waals surface area (Å²) in [5.74, 6) is -0.0825. The van der Waals surface area contributed by atoms with Crippen molar-refractivity contribution < 1.29 is 4.79 Å². The van der Waals surface area contributed by atoms with Gasteiger partial charge in [-0.2, -0.15) is 5.26 Å². The fourth-order valence-corrected chi connectivity index (χ4v) is 4.26. The molecular formula is C29H32N4O. The second-order valence-electron chi connectivity index (χ2n) is 9.76. The highest BCUT2D eigenvalue weighted by Gasteiger charge is 2.27. The Morgan fingerprint density at radius 1 is 0.971 bits per heavy atom. The highest BCUT2D eigenvalue weighted by atomic mass is 16.2. The molecule has 5 heteroatoms. The van der Waals surface area contributed by atoms with Gasteiger partial charge in [0, 0.05) is 44.6 Å². The van der Waals surface area contributed by atoms with Gasteiger partial charge in [-0.05, 0) is 34.7 Å². The first kappa shape index (κ1) is 23.5. The molecule has 1 aliphatic rings. The lowest BCUT2D eigenvalue weighted by molar-refractivity contribution is 0.0642. The van der Waals surface area contributed by atoms with E-state index in [1.165, 1.54) is 11.1 Å². The minimum absolute atomic E-state index is 0.0572. The largest absolute Gasteiger partial charge is 0.335 e. The molecule has 2 aromatic carbocycles. The summed E-state index contributed by atoms with van der Waals surface area (Å²) in [7, 11) is 0. The van der Waals surface area contributed by atoms with Crippen LogP contribution in [-0.2, 0) is 5.41 Å². The molecule has 1 aliphatic heterocycles. The van der Waals surface area contributed by atoms with Gasteiger partial charge in [-0.25, -0.2) is 0 Å². The predicted molar refractivity (Wildman–Crippen MR) is 137 cm³/mol. The Kier molecular flexibility index (Phi) is 7.00. The summed E-state index contributed by atoms with van der Waals surface area (Å²) in [5, 5.41) is 9.66. The molecule has 0 saturated carbocycles. The summed E-state index contributed by atoms with van der Waals surface area (Å²) in [6.45, 7) is 10.3. The van der Waals surface area contributed by atoms with Crippen LogP contribution in [0.25, 0.3) is 11.8 Å². The molecule has 34 heavy (non-hydrogen) atoms. The van der Waals surface area contributed by atoms with Crippen molar-refractivity contribution in [2.45, 2.75) is 26.2 Å². The Balaban J connectivity index is 1.44. The van der Waals surface area contributed by atoms with E-state index in [9.17, 15) is 10.1 Å². The van der Waals surface area contributed by atoms with Gasteiger partial charge >= 0.3 is 0 Å². The van der Waals surface area contributed by atoms with Crippen LogP contribution in [0.15, 0.2) is 72.9 Å². The van der Waals surface area contributed by atoms with Crippen molar-refractivity contribution in [1.29, 1.82) is 5.26 Å². The molecule has 1 fully saturated rings. The van der Waals surface area contributed by atoms with Gasteiger partial charge in [-0.3, -0.25) is 9.69 Å². The number of carbonyl (C=O) groups excluding carboxylic acids is 1. The van der Waals surface area contributed by atoms with Crippen LogP contribution in [0.4, 0.5) is 0 Å². The van der Waals surface area contributed by atoms with Crippen molar-refractivity contribution in [2.75, 3.05) is 32.7 Å². The molecule has 1 amide bonds. The normalized spacial score (nSPS) is 14.9. The molecule has 2 heterocycles. The molecular weight excluding hydrogens is 420 g/mol. The zero-order valence-corrected chi connectivity index (χ0v) is 20.2. The summed E-state index contributed by atoms with van der Waals surface area (Å²) in [6.07, 6.45) is 6.13. The average Bonchev–Trinajstić information content (AvgIpc) is 3.28. The molecule has 0 radical (unpaired) electrons. The van der Waals surface area contributed by atoms with E-state index in [4.69, 9.17) is 0 Å². The van der Waals surface area contributed by atoms with Crippen LogP contribution < -0.4 is 0 Å². The monoisotopic (exact) mass is 452 g/mol. The van der Waals surface area contributed by atoms with Crippen molar-refractivity contribution in [3.05, 3.63) is 95.3 Å². The third kappa shape index (κ3) is 5.30. The van der Waals surface area contributed by atoms with E-state index >= 15 is 0 Å². The van der Waals surface area contributed by atoms with E-state index in [0.717, 1.165) is 25.3 Å². The van der Waals surface area contributed by atoms with Crippen molar-refractivity contribution in [3.8, 4) is 11.8 Å². The molecule has 4 rings (SSSR count). The standard InChI is InChI=1S/C29H32N4O/c1-29(2,3)25-11-13-26(14-12-25)33-17-15-24(22-30)27(33)28(34)32-20-18-31(19-21-32)16-7-10-23-8-5-4-6-9-23/h4-15,17H,16,18-21H2,1-3H3. The molecule has 0 spiro atoms. The Morgan fingerprint density at radius 2 is 1.65 bits per heavy atom. The SMILES string of the molecule is CC(C)(C)c1ccc(-n2ccc(C#N)c2C(=O)N2CCN(CC=Cc3ccccc3)CC2)cc1. The summed E-state index contributed by atoms with van der Waals surface area (Å²) >= 11 is 0. The molecule has 0 bridgehead atoms. The fourth-order valence-electron chi connectivity index (χ4n) is 4.26. The number of hydrogen-bond donors (Lipinski definition) is 0. The lowest BCUT2D eigenvalue weighted by atomic mass is 9.87. The molecule has 0 aliphatic carbocycles. The number of nitrogens with zero attached hydrogens (tertiary/aromatic N) is 4. The average molecular weight is 453 g/mol. The van der Waals surface area contributed by atoms with Gasteiger partial charge in [0.2, 0.25) is 0 Å². The maximum Gasteiger partial charge on any atom is 0.272 e. The lowest BCUT2D eigenvalue weighted by Crippen LogP contribution is -2.49. The first-order valence-corrected chi connectivity index (χ1v) is 11.8. The van der Waals surface area contributed by atoms with E-state index in [0.29, 0.717) is 24.3 Å². The van der Waals surface area contributed by atoms with E-state index in [1.54, 1.807) is 6.07 Å². The Hall–Kier alpha value is -3.62. The number of nitriles is 1. The van der Waals surface area contributed by atoms with Crippen LogP contribution >= 0.6 is 0 Å². The molecule has 0 atom stereocenters. The van der Waals surface area contributed by atoms with Crippen LogP contribution in [0.1, 0.15) is 48.0 Å². The second kappa shape index (κ2) is 10.1. The van der Waals surface area contributed by atoms with E-state index < -0.39 is 0 Å². The maximum absolute atomic E-state index is 13.5. The number of carbonyl (C=O) groups is 1. The van der Waals surface area contributed by atoms with Crippen LogP contribution in [0, 0.1) is 11.3 Å². The predicted octanol–water partition coefficient (Wildman–Crippen LogP) is 5.12. The molecule has 174 valence electrons. The number of rotatable bonds is 5. The zero-order valence-electron chi connectivity index (χ0n) is 20.2. The molecule has 0 N–H and O–H groups in total. The molecule has 1 saturated heterocycles. The van der Waals surface area contributed by atoms with Gasteiger partial charge < -0.3 is 9.47 Å².